The van der Waals surface area contributed by atoms with Crippen LogP contribution < -0.4 is 0 Å². The van der Waals surface area contributed by atoms with Crippen LogP contribution in [0.15, 0.2) is 352 Å². The molecule has 10 aliphatic rings. The van der Waals surface area contributed by atoms with Gasteiger partial charge in [-0.05, 0) is 305 Å². The molecule has 6 heterocycles. The van der Waals surface area contributed by atoms with Gasteiger partial charge in [-0.3, -0.25) is 9.55 Å². The van der Waals surface area contributed by atoms with E-state index in [2.05, 4.69) is 352 Å². The number of hydrogen-bond acceptors (Lipinski definition) is 2. The first-order chi connectivity index (χ1) is 59.4. The third-order valence-electron chi connectivity index (χ3n) is 31.1. The summed E-state index contributed by atoms with van der Waals surface area (Å²) in [7, 11) is 0. The van der Waals surface area contributed by atoms with Crippen molar-refractivity contribution in [3.63, 3.8) is 0 Å². The Bertz CT molecular complexity index is 7160. The van der Waals surface area contributed by atoms with Gasteiger partial charge >= 0.3 is 0 Å². The van der Waals surface area contributed by atoms with Gasteiger partial charge < -0.3 is 13.7 Å². The van der Waals surface area contributed by atoms with Crippen molar-refractivity contribution in [1.82, 2.24) is 28.2 Å². The maximum atomic E-state index is 5.00. The fraction of sp³-hybridized carbons (Fsp3) is 0.175. The lowest BCUT2D eigenvalue weighted by Gasteiger charge is -2.61. The summed E-state index contributed by atoms with van der Waals surface area (Å²) in [6.07, 6.45) is 18.1. The number of para-hydroxylation sites is 4. The van der Waals surface area contributed by atoms with Crippen LogP contribution >= 0.6 is 0 Å². The average Bonchev–Trinajstić information content (AvgIpc) is 1.50. The molecule has 8 bridgehead atoms. The largest absolute Gasteiger partial charge is 0.309 e. The van der Waals surface area contributed by atoms with E-state index in [0.29, 0.717) is 0 Å². The van der Waals surface area contributed by atoms with Crippen molar-refractivity contribution in [3.05, 3.63) is 374 Å². The van der Waals surface area contributed by atoms with Gasteiger partial charge in [0.15, 0.2) is 0 Å². The van der Waals surface area contributed by atoms with Crippen molar-refractivity contribution < 1.29 is 0 Å². The quantitative estimate of drug-likeness (QED) is 0.152. The Balaban J connectivity index is 0.000000127. The van der Waals surface area contributed by atoms with Crippen molar-refractivity contribution in [3.8, 4) is 89.8 Å². The zero-order valence-corrected chi connectivity index (χ0v) is 66.9. The molecule has 6 heteroatoms. The van der Waals surface area contributed by atoms with Gasteiger partial charge in [0.05, 0.1) is 61.7 Å². The molecule has 10 aliphatic carbocycles. The third-order valence-corrected chi connectivity index (χ3v) is 31.1. The van der Waals surface area contributed by atoms with Crippen LogP contribution in [0.2, 0.25) is 0 Å². The van der Waals surface area contributed by atoms with Crippen molar-refractivity contribution >= 4 is 87.2 Å². The zero-order chi connectivity index (χ0) is 78.2. The van der Waals surface area contributed by atoms with Gasteiger partial charge in [0.1, 0.15) is 5.82 Å². The molecule has 20 aromatic rings. The molecule has 120 heavy (non-hydrogen) atoms. The zero-order valence-electron chi connectivity index (χ0n) is 66.9. The first-order valence-electron chi connectivity index (χ1n) is 44.1. The van der Waals surface area contributed by atoms with Crippen LogP contribution in [0.1, 0.15) is 86.5 Å². The van der Waals surface area contributed by atoms with Crippen molar-refractivity contribution in [1.29, 1.82) is 0 Å². The van der Waals surface area contributed by atoms with E-state index in [1.807, 2.05) is 18.5 Å². The van der Waals surface area contributed by atoms with Crippen LogP contribution in [0.25, 0.3) is 177 Å². The van der Waals surface area contributed by atoms with E-state index in [1.54, 1.807) is 22.3 Å². The molecule has 0 saturated heterocycles. The standard InChI is InChI=1S/2C57H43N3/c1-2-10-37(11-3-1)40-20-25-56(58-34-40)60-53-17-9-6-14-47(53)49-32-39(19-24-55(49)60)38-18-23-54-48(31-38)46-13-5-8-16-52(46)59(54)43-21-22-45-44-12-4-7-15-50(44)57(51(45)33-43)41-27-35-26-36(29-41)30-42(57)28-35;1-2-10-37(11-3-1)52-23-21-43(34-58-52)60-54-17-9-6-14-47(54)49-32-39(19-25-56(49)60)38-18-24-55-48(31-38)46-13-5-8-16-53(46)59(55)42-20-22-45-44-12-4-7-15-50(44)57(51(45)33-42)40-27-35-26-36(29-40)30-41(57)28-35/h1-25,31-36,41-42H,26-30H2;1-25,31-36,40-41H,26-30H2. The van der Waals surface area contributed by atoms with Crippen molar-refractivity contribution in [2.75, 3.05) is 0 Å². The van der Waals surface area contributed by atoms with Crippen LogP contribution in [0.3, 0.4) is 0 Å². The molecule has 30 rings (SSSR count). The number of pyridine rings is 2. The van der Waals surface area contributed by atoms with E-state index in [9.17, 15) is 0 Å². The highest BCUT2D eigenvalue weighted by atomic mass is 15.1. The summed E-state index contributed by atoms with van der Waals surface area (Å²) in [6.45, 7) is 0. The molecule has 0 unspecified atom stereocenters. The van der Waals surface area contributed by atoms with Gasteiger partial charge in [0.25, 0.3) is 0 Å². The minimum atomic E-state index is 0.144. The van der Waals surface area contributed by atoms with E-state index in [1.165, 1.54) is 202 Å². The molecular formula is C114H86N6. The molecular weight excluding hydrogens is 1450 g/mol. The average molecular weight is 1540 g/mol. The molecule has 6 aromatic heterocycles. The SMILES string of the molecule is c1ccc(-c2ccc(-n3c4ccccc4c4cc(-c5ccc6c(c5)c5ccccc5n6-c5ccc6c(c5)C5(c7ccccc7-6)C6CC7CC(C6)CC5C7)ccc43)cn2)cc1.c1ccc(-c2ccc(-n3c4ccccc4c4cc(-c5ccc6c(c5)c5ccccc5n6-c5ccc6c(c5)C5(c7ccccc7-6)C6CC7CC(C6)CC5C7)ccc43)nc2)cc1. The smallest absolute Gasteiger partial charge is 0.137 e. The summed E-state index contributed by atoms with van der Waals surface area (Å²) >= 11 is 0. The second-order valence-corrected chi connectivity index (χ2v) is 36.8. The van der Waals surface area contributed by atoms with E-state index >= 15 is 0 Å². The highest BCUT2D eigenvalue weighted by Gasteiger charge is 2.63. The van der Waals surface area contributed by atoms with E-state index in [4.69, 9.17) is 9.97 Å². The van der Waals surface area contributed by atoms with Crippen LogP contribution in [0, 0.1) is 47.3 Å². The molecule has 0 aliphatic heterocycles. The van der Waals surface area contributed by atoms with Gasteiger partial charge in [-0.25, -0.2) is 4.98 Å². The normalized spacial score (nSPS) is 22.4. The van der Waals surface area contributed by atoms with Gasteiger partial charge in [0.2, 0.25) is 0 Å². The topological polar surface area (TPSA) is 45.5 Å². The van der Waals surface area contributed by atoms with Crippen molar-refractivity contribution in [2.45, 2.75) is 75.0 Å². The van der Waals surface area contributed by atoms with Crippen LogP contribution in [0.5, 0.6) is 0 Å². The van der Waals surface area contributed by atoms with Gasteiger partial charge in [-0.15, -0.1) is 0 Å². The van der Waals surface area contributed by atoms with E-state index in [-0.39, 0.29) is 10.8 Å². The Morgan fingerprint density at radius 2 is 0.542 bits per heavy atom. The Kier molecular flexibility index (Phi) is 14.4. The summed E-state index contributed by atoms with van der Waals surface area (Å²) in [5.74, 6) is 7.62. The van der Waals surface area contributed by atoms with Crippen LogP contribution in [-0.2, 0) is 10.8 Å². The fourth-order valence-electron chi connectivity index (χ4n) is 26.9. The summed E-state index contributed by atoms with van der Waals surface area (Å²) in [5.41, 5.74) is 35.3. The minimum Gasteiger partial charge on any atom is -0.309 e. The minimum absolute atomic E-state index is 0.144. The monoisotopic (exact) mass is 1540 g/mol. The third kappa shape index (κ3) is 9.56. The summed E-state index contributed by atoms with van der Waals surface area (Å²) < 4.78 is 9.77. The lowest BCUT2D eigenvalue weighted by Crippen LogP contribution is -2.55. The number of benzene rings is 14. The fourth-order valence-corrected chi connectivity index (χ4v) is 26.9. The highest BCUT2D eigenvalue weighted by Crippen LogP contribution is 2.71. The maximum Gasteiger partial charge on any atom is 0.137 e. The van der Waals surface area contributed by atoms with Crippen molar-refractivity contribution in [2.24, 2.45) is 47.3 Å². The summed E-state index contributed by atoms with van der Waals surface area (Å²) in [4.78, 5) is 9.91. The molecule has 6 nitrogen and oxygen atoms in total. The molecule has 0 amide bonds. The van der Waals surface area contributed by atoms with E-state index in [0.717, 1.165) is 86.7 Å². The number of aromatic nitrogens is 6. The summed E-state index contributed by atoms with van der Waals surface area (Å²) in [6, 6.07) is 127. The molecule has 8 fully saturated rings. The Morgan fingerprint density at radius 1 is 0.208 bits per heavy atom. The lowest BCUT2D eigenvalue weighted by atomic mass is 9.43. The first kappa shape index (κ1) is 67.6. The van der Waals surface area contributed by atoms with Gasteiger partial charge in [0, 0.05) is 82.6 Å². The molecule has 572 valence electrons. The van der Waals surface area contributed by atoms with Crippen LogP contribution in [0.4, 0.5) is 0 Å². The van der Waals surface area contributed by atoms with E-state index < -0.39 is 0 Å². The highest BCUT2D eigenvalue weighted by molar-refractivity contribution is 6.15. The van der Waals surface area contributed by atoms with Gasteiger partial charge in [-0.1, -0.05) is 218 Å². The number of nitrogens with zero attached hydrogens (tertiary/aromatic N) is 6. The second kappa shape index (κ2) is 25.6. The molecule has 8 saturated carbocycles. The predicted molar refractivity (Wildman–Crippen MR) is 494 cm³/mol. The number of hydrogen-bond donors (Lipinski definition) is 0. The lowest BCUT2D eigenvalue weighted by molar-refractivity contribution is -0.0399. The maximum absolute atomic E-state index is 5.00. The number of fused-ring (bicyclic) bond motifs is 18. The second-order valence-electron chi connectivity index (χ2n) is 36.8. The Hall–Kier alpha value is -13.4. The molecule has 0 atom stereocenters. The number of rotatable bonds is 8. The predicted octanol–water partition coefficient (Wildman–Crippen LogP) is 28.7. The molecule has 0 N–H and O–H groups in total. The van der Waals surface area contributed by atoms with Gasteiger partial charge in [-0.2, -0.15) is 0 Å². The first-order valence-corrected chi connectivity index (χ1v) is 44.1. The molecule has 0 radical (unpaired) electrons. The summed E-state index contributed by atoms with van der Waals surface area (Å²) in [5, 5.41) is 10.1. The molecule has 2 spiro atoms. The van der Waals surface area contributed by atoms with Crippen LogP contribution in [-0.4, -0.2) is 28.2 Å². The Morgan fingerprint density at radius 3 is 0.942 bits per heavy atom. The Labute approximate surface area is 697 Å². The molecule has 14 aromatic carbocycles.